The van der Waals surface area contributed by atoms with E-state index in [2.05, 4.69) is 18.2 Å². The van der Waals surface area contributed by atoms with Crippen LogP contribution in [0.1, 0.15) is 23.5 Å². The first-order valence-corrected chi connectivity index (χ1v) is 10.9. The van der Waals surface area contributed by atoms with E-state index in [1.165, 1.54) is 5.57 Å². The highest BCUT2D eigenvalue weighted by molar-refractivity contribution is 7.89. The van der Waals surface area contributed by atoms with Gasteiger partial charge in [0.05, 0.1) is 10.9 Å². The van der Waals surface area contributed by atoms with Gasteiger partial charge in [-0.05, 0) is 31.0 Å². The summed E-state index contributed by atoms with van der Waals surface area (Å²) in [6.45, 7) is 2.48. The predicted octanol–water partition coefficient (Wildman–Crippen LogP) is 4.34. The number of alkyl halides is 1. The van der Waals surface area contributed by atoms with Gasteiger partial charge in [0.15, 0.2) is 0 Å². The van der Waals surface area contributed by atoms with Crippen molar-refractivity contribution in [3.05, 3.63) is 77.4 Å². The molecule has 1 aliphatic carbocycles. The Balaban J connectivity index is 1.74. The maximum Gasteiger partial charge on any atom is 0.243 e. The van der Waals surface area contributed by atoms with E-state index < -0.39 is 10.0 Å². The van der Waals surface area contributed by atoms with Crippen LogP contribution in [0.25, 0.3) is 0 Å². The summed E-state index contributed by atoms with van der Waals surface area (Å²) in [4.78, 5) is 0.366. The van der Waals surface area contributed by atoms with E-state index in [9.17, 15) is 8.42 Å². The number of fused-ring (bicyclic) bond motifs is 1. The molecule has 1 aliphatic heterocycles. The molecule has 4 rings (SSSR count). The average molecular weight is 388 g/mol. The number of hydrogen-bond donors (Lipinski definition) is 0. The topological polar surface area (TPSA) is 37.4 Å². The minimum Gasteiger partial charge on any atom is -0.207 e. The molecular weight excluding hydrogens is 366 g/mol. The molecule has 2 aromatic rings. The van der Waals surface area contributed by atoms with Crippen LogP contribution >= 0.6 is 11.6 Å². The van der Waals surface area contributed by atoms with Crippen LogP contribution in [-0.2, 0) is 10.0 Å². The number of nitrogens with zero attached hydrogens (tertiary/aromatic N) is 1. The van der Waals surface area contributed by atoms with Gasteiger partial charge in [-0.3, -0.25) is 0 Å². The molecule has 1 saturated carbocycles. The summed E-state index contributed by atoms with van der Waals surface area (Å²) in [5.41, 5.74) is 3.39. The zero-order valence-electron chi connectivity index (χ0n) is 14.7. The number of rotatable bonds is 4. The van der Waals surface area contributed by atoms with Crippen molar-refractivity contribution in [1.82, 2.24) is 4.31 Å². The molecule has 0 spiro atoms. The Hall–Kier alpha value is -1.62. The zero-order chi connectivity index (χ0) is 18.3. The molecule has 0 aromatic heterocycles. The lowest BCUT2D eigenvalue weighted by Crippen LogP contribution is -2.57. The van der Waals surface area contributed by atoms with Crippen molar-refractivity contribution < 1.29 is 8.42 Å². The average Bonchev–Trinajstić information content (AvgIpc) is 2.64. The summed E-state index contributed by atoms with van der Waals surface area (Å²) in [5, 5.41) is 0. The van der Waals surface area contributed by atoms with Crippen molar-refractivity contribution in [3.8, 4) is 0 Å². The Bertz CT molecular complexity index is 922. The summed E-state index contributed by atoms with van der Waals surface area (Å²) in [6.07, 6.45) is 2.93. The number of hydrogen-bond acceptors (Lipinski definition) is 2. The second kappa shape index (κ2) is 6.84. The van der Waals surface area contributed by atoms with Crippen molar-refractivity contribution >= 4 is 21.6 Å². The van der Waals surface area contributed by atoms with E-state index in [4.69, 9.17) is 11.6 Å². The van der Waals surface area contributed by atoms with Gasteiger partial charge in [0.1, 0.15) is 0 Å². The largest absolute Gasteiger partial charge is 0.243 e. The van der Waals surface area contributed by atoms with Crippen molar-refractivity contribution in [1.29, 1.82) is 0 Å². The van der Waals surface area contributed by atoms with Crippen LogP contribution in [0.5, 0.6) is 0 Å². The Labute approximate surface area is 160 Å². The van der Waals surface area contributed by atoms with Crippen LogP contribution in [0, 0.1) is 12.8 Å². The van der Waals surface area contributed by atoms with Crippen LogP contribution < -0.4 is 0 Å². The Morgan fingerprint density at radius 2 is 1.77 bits per heavy atom. The molecule has 2 aromatic carbocycles. The monoisotopic (exact) mass is 387 g/mol. The van der Waals surface area contributed by atoms with Gasteiger partial charge in [-0.2, -0.15) is 4.31 Å². The fourth-order valence-electron chi connectivity index (χ4n) is 4.24. The quantitative estimate of drug-likeness (QED) is 0.578. The van der Waals surface area contributed by atoms with Crippen molar-refractivity contribution in [2.24, 2.45) is 5.92 Å². The van der Waals surface area contributed by atoms with Gasteiger partial charge in [-0.15, -0.1) is 11.6 Å². The minimum atomic E-state index is -3.53. The second-order valence-corrected chi connectivity index (χ2v) is 9.26. The number of halogens is 1. The van der Waals surface area contributed by atoms with Crippen molar-refractivity contribution in [2.75, 3.05) is 12.4 Å². The molecule has 0 amide bonds. The molecule has 1 fully saturated rings. The maximum atomic E-state index is 13.3. The van der Waals surface area contributed by atoms with E-state index in [1.54, 1.807) is 16.4 Å². The highest BCUT2D eigenvalue weighted by atomic mass is 35.5. The zero-order valence-corrected chi connectivity index (χ0v) is 16.2. The third-order valence-corrected chi connectivity index (χ3v) is 7.79. The minimum absolute atomic E-state index is 0.112. The lowest BCUT2D eigenvalue weighted by Gasteiger charge is -2.53. The van der Waals surface area contributed by atoms with Gasteiger partial charge in [0, 0.05) is 24.3 Å². The third-order valence-electron chi connectivity index (χ3n) is 5.56. The first-order chi connectivity index (χ1) is 12.5. The number of benzene rings is 2. The predicted molar refractivity (Wildman–Crippen MR) is 105 cm³/mol. The van der Waals surface area contributed by atoms with Crippen LogP contribution in [0.3, 0.4) is 0 Å². The molecule has 2 aliphatic rings. The molecule has 5 heteroatoms. The summed E-state index contributed by atoms with van der Waals surface area (Å²) < 4.78 is 28.3. The standard InChI is InChI=1S/C21H22ClNO2S/c1-15-9-11-17(12-10-15)26(24,25)23-13-5-8-18-19(14-22)20(21(18)23)16-6-3-2-4-7-16/h2-4,6-12,19-21H,5,13-14H2,1H3/t19-,20-,21-/m1/s1. The summed E-state index contributed by atoms with van der Waals surface area (Å²) in [5.74, 6) is 0.834. The Kier molecular flexibility index (Phi) is 4.68. The molecule has 0 bridgehead atoms. The van der Waals surface area contributed by atoms with Crippen molar-refractivity contribution in [2.45, 2.75) is 30.2 Å². The van der Waals surface area contributed by atoms with Gasteiger partial charge in [-0.1, -0.05) is 59.7 Å². The molecule has 136 valence electrons. The molecule has 3 atom stereocenters. The molecule has 0 saturated heterocycles. The fourth-order valence-corrected chi connectivity index (χ4v) is 6.26. The van der Waals surface area contributed by atoms with E-state index in [1.807, 2.05) is 37.3 Å². The molecule has 1 heterocycles. The lowest BCUT2D eigenvalue weighted by atomic mass is 9.61. The van der Waals surface area contributed by atoms with Crippen LogP contribution in [0.4, 0.5) is 0 Å². The summed E-state index contributed by atoms with van der Waals surface area (Å²) >= 11 is 6.26. The van der Waals surface area contributed by atoms with Gasteiger partial charge in [-0.25, -0.2) is 8.42 Å². The number of sulfonamides is 1. The molecule has 3 nitrogen and oxygen atoms in total. The molecular formula is C21H22ClNO2S. The van der Waals surface area contributed by atoms with E-state index in [0.29, 0.717) is 17.3 Å². The Morgan fingerprint density at radius 1 is 1.08 bits per heavy atom. The highest BCUT2D eigenvalue weighted by Crippen LogP contribution is 2.53. The van der Waals surface area contributed by atoms with Gasteiger partial charge in [0.2, 0.25) is 10.0 Å². The first kappa shape index (κ1) is 17.8. The van der Waals surface area contributed by atoms with Gasteiger partial charge < -0.3 is 0 Å². The normalized spacial score (nSPS) is 25.9. The third kappa shape index (κ3) is 2.81. The molecule has 26 heavy (non-hydrogen) atoms. The van der Waals surface area contributed by atoms with Crippen LogP contribution in [-0.4, -0.2) is 31.2 Å². The van der Waals surface area contributed by atoms with Crippen LogP contribution in [0.2, 0.25) is 0 Å². The van der Waals surface area contributed by atoms with E-state index in [0.717, 1.165) is 17.5 Å². The SMILES string of the molecule is Cc1ccc(S(=O)(=O)N2CCC=C3[C@@H](CCl)[C@@H](c4ccccc4)[C@@H]32)cc1. The van der Waals surface area contributed by atoms with Crippen LogP contribution in [0.15, 0.2) is 71.1 Å². The molecule has 0 unspecified atom stereocenters. The molecule has 0 radical (unpaired) electrons. The smallest absolute Gasteiger partial charge is 0.207 e. The van der Waals surface area contributed by atoms with Crippen molar-refractivity contribution in [3.63, 3.8) is 0 Å². The summed E-state index contributed by atoms with van der Waals surface area (Å²) in [7, 11) is -3.53. The highest BCUT2D eigenvalue weighted by Gasteiger charge is 2.53. The fraction of sp³-hybridized carbons (Fsp3) is 0.333. The van der Waals surface area contributed by atoms with E-state index >= 15 is 0 Å². The lowest BCUT2D eigenvalue weighted by molar-refractivity contribution is 0.190. The Morgan fingerprint density at radius 3 is 2.42 bits per heavy atom. The van der Waals surface area contributed by atoms with Gasteiger partial charge in [0.25, 0.3) is 0 Å². The maximum absolute atomic E-state index is 13.3. The second-order valence-electron chi connectivity index (χ2n) is 7.06. The molecule has 0 N–H and O–H groups in total. The first-order valence-electron chi connectivity index (χ1n) is 8.93. The number of aryl methyl sites for hydroxylation is 1. The van der Waals surface area contributed by atoms with E-state index in [-0.39, 0.29) is 17.9 Å². The summed E-state index contributed by atoms with van der Waals surface area (Å²) in [6, 6.07) is 17.1. The van der Waals surface area contributed by atoms with Gasteiger partial charge >= 0.3 is 0 Å².